The van der Waals surface area contributed by atoms with Crippen molar-refractivity contribution in [2.45, 2.75) is 27.7 Å². The minimum Gasteiger partial charge on any atom is -0.491 e. The van der Waals surface area contributed by atoms with Crippen molar-refractivity contribution in [2.75, 3.05) is 20.3 Å². The second-order valence-electron chi connectivity index (χ2n) is 8.62. The van der Waals surface area contributed by atoms with Gasteiger partial charge in [0.25, 0.3) is 11.1 Å². The molecule has 7 nitrogen and oxygen atoms in total. The molecule has 3 aromatic rings. The van der Waals surface area contributed by atoms with Crippen molar-refractivity contribution < 1.29 is 23.9 Å². The van der Waals surface area contributed by atoms with Crippen LogP contribution in [0.4, 0.5) is 4.79 Å². The van der Waals surface area contributed by atoms with Crippen molar-refractivity contribution in [1.29, 1.82) is 0 Å². The van der Waals surface area contributed by atoms with E-state index in [9.17, 15) is 14.4 Å². The number of nitrogens with zero attached hydrogens (tertiary/aromatic N) is 2. The molecular weight excluding hydrogens is 476 g/mol. The van der Waals surface area contributed by atoms with Crippen LogP contribution in [0.15, 0.2) is 53.4 Å². The van der Waals surface area contributed by atoms with Crippen LogP contribution in [0.2, 0.25) is 0 Å². The first-order valence-electron chi connectivity index (χ1n) is 11.5. The molecule has 1 fully saturated rings. The van der Waals surface area contributed by atoms with E-state index < -0.39 is 5.97 Å². The number of methoxy groups -OCH3 is 1. The van der Waals surface area contributed by atoms with Gasteiger partial charge in [0.1, 0.15) is 12.4 Å². The first-order valence-corrected chi connectivity index (χ1v) is 12.3. The molecule has 8 heteroatoms. The van der Waals surface area contributed by atoms with Crippen LogP contribution in [-0.4, -0.2) is 46.8 Å². The van der Waals surface area contributed by atoms with Gasteiger partial charge in [-0.05, 0) is 86.5 Å². The van der Waals surface area contributed by atoms with Crippen molar-refractivity contribution in [1.82, 2.24) is 9.47 Å². The molecule has 0 atom stereocenters. The highest BCUT2D eigenvalue weighted by Gasteiger charge is 2.35. The van der Waals surface area contributed by atoms with Crippen LogP contribution in [0.5, 0.6) is 5.75 Å². The van der Waals surface area contributed by atoms with E-state index >= 15 is 0 Å². The van der Waals surface area contributed by atoms with E-state index in [4.69, 9.17) is 9.47 Å². The molecular formula is C28H28N2O5S. The maximum absolute atomic E-state index is 13.0. The highest BCUT2D eigenvalue weighted by atomic mass is 32.2. The van der Waals surface area contributed by atoms with Crippen LogP contribution >= 0.6 is 11.8 Å². The predicted molar refractivity (Wildman–Crippen MR) is 141 cm³/mol. The fraction of sp³-hybridized carbons (Fsp3) is 0.250. The van der Waals surface area contributed by atoms with E-state index in [1.54, 1.807) is 18.2 Å². The van der Waals surface area contributed by atoms with Crippen LogP contribution in [-0.2, 0) is 9.53 Å². The summed E-state index contributed by atoms with van der Waals surface area (Å²) in [6, 6.07) is 15.1. The molecule has 186 valence electrons. The summed E-state index contributed by atoms with van der Waals surface area (Å²) < 4.78 is 12.7. The smallest absolute Gasteiger partial charge is 0.339 e. The average Bonchev–Trinajstić information content (AvgIpc) is 3.29. The fourth-order valence-corrected chi connectivity index (χ4v) is 5.06. The van der Waals surface area contributed by atoms with Crippen LogP contribution < -0.4 is 4.74 Å². The number of benzene rings is 2. The van der Waals surface area contributed by atoms with Gasteiger partial charge < -0.3 is 14.0 Å². The second-order valence-corrected chi connectivity index (χ2v) is 9.61. The number of amides is 2. The van der Waals surface area contributed by atoms with Gasteiger partial charge in [0.05, 0.1) is 29.8 Å². The third-order valence-corrected chi connectivity index (χ3v) is 7.00. The van der Waals surface area contributed by atoms with Gasteiger partial charge in [0, 0.05) is 11.4 Å². The largest absolute Gasteiger partial charge is 0.491 e. The van der Waals surface area contributed by atoms with Crippen molar-refractivity contribution >= 4 is 35.0 Å². The first kappa shape index (κ1) is 25.3. The number of rotatable bonds is 7. The molecule has 0 N–H and O–H groups in total. The number of carbonyl (C=O) groups excluding carboxylic acids is 3. The lowest BCUT2D eigenvalue weighted by Crippen LogP contribution is -2.32. The zero-order valence-corrected chi connectivity index (χ0v) is 21.8. The summed E-state index contributed by atoms with van der Waals surface area (Å²) in [5.41, 5.74) is 5.73. The van der Waals surface area contributed by atoms with Crippen molar-refractivity contribution in [3.63, 3.8) is 0 Å². The Morgan fingerprint density at radius 3 is 2.53 bits per heavy atom. The van der Waals surface area contributed by atoms with Gasteiger partial charge in [-0.15, -0.1) is 0 Å². The van der Waals surface area contributed by atoms with Crippen LogP contribution in [0.25, 0.3) is 11.8 Å². The topological polar surface area (TPSA) is 77.8 Å². The van der Waals surface area contributed by atoms with Gasteiger partial charge in [-0.3, -0.25) is 14.5 Å². The maximum Gasteiger partial charge on any atom is 0.339 e. The first-order chi connectivity index (χ1) is 17.2. The SMILES string of the molecule is COC(=O)c1ccccc1-n1c(C)cc(/C=C2\SC(=O)N(CCOc3cc(C)ccc3C)C2=O)c1C. The van der Waals surface area contributed by atoms with E-state index in [-0.39, 0.29) is 24.3 Å². The number of esters is 1. The van der Waals surface area contributed by atoms with Crippen molar-refractivity contribution in [3.05, 3.63) is 87.1 Å². The predicted octanol–water partition coefficient (Wildman–Crippen LogP) is 5.61. The second kappa shape index (κ2) is 10.5. The molecule has 4 rings (SSSR count). The summed E-state index contributed by atoms with van der Waals surface area (Å²) in [7, 11) is 1.35. The summed E-state index contributed by atoms with van der Waals surface area (Å²) in [6.45, 7) is 8.16. The Labute approximate surface area is 214 Å². The number of carbonyl (C=O) groups is 3. The lowest BCUT2D eigenvalue weighted by atomic mass is 10.1. The molecule has 1 aliphatic heterocycles. The highest BCUT2D eigenvalue weighted by molar-refractivity contribution is 8.18. The van der Waals surface area contributed by atoms with Crippen LogP contribution in [0, 0.1) is 27.7 Å². The number of ether oxygens (including phenoxy) is 2. The molecule has 1 aliphatic rings. The van der Waals surface area contributed by atoms with Gasteiger partial charge in [-0.25, -0.2) is 4.79 Å². The molecule has 36 heavy (non-hydrogen) atoms. The van der Waals surface area contributed by atoms with Gasteiger partial charge in [-0.2, -0.15) is 0 Å². The summed E-state index contributed by atoms with van der Waals surface area (Å²) >= 11 is 0.919. The van der Waals surface area contributed by atoms with Gasteiger partial charge in [0.15, 0.2) is 0 Å². The summed E-state index contributed by atoms with van der Waals surface area (Å²) in [5.74, 6) is -0.0182. The third kappa shape index (κ3) is 4.95. The standard InChI is InChI=1S/C28H28N2O5S/c1-17-10-11-18(2)24(14-17)35-13-12-29-26(31)25(36-28(29)33)16-21-15-19(3)30(20(21)4)23-9-7-6-8-22(23)27(32)34-5/h6-11,14-16H,12-13H2,1-5H3/b25-16-. The Bertz CT molecular complexity index is 1390. The summed E-state index contributed by atoms with van der Waals surface area (Å²) in [5, 5.41) is -0.319. The number of hydrogen-bond acceptors (Lipinski definition) is 6. The lowest BCUT2D eigenvalue weighted by molar-refractivity contribution is -0.123. The quantitative estimate of drug-likeness (QED) is 0.307. The minimum absolute atomic E-state index is 0.168. The summed E-state index contributed by atoms with van der Waals surface area (Å²) in [4.78, 5) is 39.5. The number of thioether (sulfide) groups is 1. The Morgan fingerprint density at radius 2 is 1.78 bits per heavy atom. The third-order valence-electron chi connectivity index (χ3n) is 6.10. The molecule has 0 bridgehead atoms. The Kier molecular flexibility index (Phi) is 7.35. The number of para-hydroxylation sites is 1. The van der Waals surface area contributed by atoms with E-state index in [1.807, 2.05) is 68.7 Å². The van der Waals surface area contributed by atoms with E-state index in [2.05, 4.69) is 0 Å². The van der Waals surface area contributed by atoms with E-state index in [0.29, 0.717) is 16.2 Å². The van der Waals surface area contributed by atoms with E-state index in [1.165, 1.54) is 12.0 Å². The molecule has 0 unspecified atom stereocenters. The molecule has 2 amide bonds. The molecule has 0 spiro atoms. The molecule has 2 heterocycles. The summed E-state index contributed by atoms with van der Waals surface area (Å²) in [6.07, 6.45) is 1.73. The molecule has 0 radical (unpaired) electrons. The molecule has 0 saturated carbocycles. The zero-order valence-electron chi connectivity index (χ0n) is 21.0. The normalized spacial score (nSPS) is 14.6. The monoisotopic (exact) mass is 504 g/mol. The molecule has 1 aromatic heterocycles. The van der Waals surface area contributed by atoms with Gasteiger partial charge in [0.2, 0.25) is 0 Å². The zero-order chi connectivity index (χ0) is 26.0. The maximum atomic E-state index is 13.0. The van der Waals surface area contributed by atoms with Gasteiger partial charge in [-0.1, -0.05) is 24.3 Å². The number of imide groups is 1. The Hall–Kier alpha value is -3.78. The average molecular weight is 505 g/mol. The van der Waals surface area contributed by atoms with Crippen LogP contribution in [0.3, 0.4) is 0 Å². The molecule has 1 saturated heterocycles. The molecule has 0 aliphatic carbocycles. The fourth-order valence-electron chi connectivity index (χ4n) is 4.20. The minimum atomic E-state index is -0.427. The number of hydrogen-bond donors (Lipinski definition) is 0. The Balaban J connectivity index is 1.54. The Morgan fingerprint density at radius 1 is 1.03 bits per heavy atom. The lowest BCUT2D eigenvalue weighted by Gasteiger charge is -2.14. The number of aromatic nitrogens is 1. The van der Waals surface area contributed by atoms with Crippen molar-refractivity contribution in [2.24, 2.45) is 0 Å². The molecule has 2 aromatic carbocycles. The highest BCUT2D eigenvalue weighted by Crippen LogP contribution is 2.34. The number of aryl methyl sites for hydroxylation is 3. The van der Waals surface area contributed by atoms with E-state index in [0.717, 1.165) is 45.6 Å². The van der Waals surface area contributed by atoms with Crippen molar-refractivity contribution in [3.8, 4) is 11.4 Å². The van der Waals surface area contributed by atoms with Crippen LogP contribution in [0.1, 0.15) is 38.4 Å². The van der Waals surface area contributed by atoms with Gasteiger partial charge >= 0.3 is 5.97 Å².